The quantitative estimate of drug-likeness (QED) is 0.883. The topological polar surface area (TPSA) is 32.3 Å². The van der Waals surface area contributed by atoms with E-state index in [2.05, 4.69) is 24.4 Å². The van der Waals surface area contributed by atoms with Gasteiger partial charge in [-0.05, 0) is 45.0 Å². The lowest BCUT2D eigenvalue weighted by Gasteiger charge is -2.34. The van der Waals surface area contributed by atoms with Crippen LogP contribution in [0.3, 0.4) is 0 Å². The van der Waals surface area contributed by atoms with Crippen LogP contribution in [0, 0.1) is 18.8 Å². The highest BCUT2D eigenvalue weighted by atomic mass is 16.2. The molecular weight excluding hydrogens is 224 g/mol. The van der Waals surface area contributed by atoms with E-state index in [9.17, 15) is 4.79 Å². The van der Waals surface area contributed by atoms with Crippen molar-refractivity contribution in [1.29, 1.82) is 0 Å². The first-order valence-corrected chi connectivity index (χ1v) is 6.72. The molecule has 1 heterocycles. The number of amides is 1. The zero-order valence-electron chi connectivity index (χ0n) is 11.4. The van der Waals surface area contributed by atoms with Crippen molar-refractivity contribution in [2.75, 3.05) is 24.5 Å². The van der Waals surface area contributed by atoms with Crippen molar-refractivity contribution in [2.45, 2.75) is 20.8 Å². The Balaban J connectivity index is 2.12. The number of carbonyl (C=O) groups excluding carboxylic acids is 1. The number of rotatable bonds is 4. The number of aryl methyl sites for hydroxylation is 1. The maximum absolute atomic E-state index is 12.5. The standard InChI is InChI=1S/C15H22N2O/c1-4-17(14-7-5-11(2)6-8-14)15(18)12(3)13-9-16-10-13/h5-8,12-13,16H,4,9-10H2,1-3H3. The van der Waals surface area contributed by atoms with E-state index >= 15 is 0 Å². The van der Waals surface area contributed by atoms with E-state index in [4.69, 9.17) is 0 Å². The van der Waals surface area contributed by atoms with Gasteiger partial charge in [-0.2, -0.15) is 0 Å². The minimum absolute atomic E-state index is 0.104. The van der Waals surface area contributed by atoms with E-state index in [0.717, 1.165) is 25.3 Å². The Morgan fingerprint density at radius 1 is 1.39 bits per heavy atom. The number of benzene rings is 1. The second kappa shape index (κ2) is 5.53. The molecule has 0 bridgehead atoms. The molecule has 18 heavy (non-hydrogen) atoms. The fourth-order valence-corrected chi connectivity index (χ4v) is 2.30. The maximum Gasteiger partial charge on any atom is 0.230 e. The van der Waals surface area contributed by atoms with E-state index in [1.165, 1.54) is 5.56 Å². The predicted octanol–water partition coefficient (Wildman–Crippen LogP) is 2.20. The summed E-state index contributed by atoms with van der Waals surface area (Å²) in [6.07, 6.45) is 0. The summed E-state index contributed by atoms with van der Waals surface area (Å²) in [5.41, 5.74) is 2.23. The zero-order valence-corrected chi connectivity index (χ0v) is 11.4. The third-order valence-electron chi connectivity index (χ3n) is 3.84. The van der Waals surface area contributed by atoms with Crippen LogP contribution in [-0.4, -0.2) is 25.5 Å². The number of hydrogen-bond donors (Lipinski definition) is 1. The molecule has 1 amide bonds. The molecule has 3 heteroatoms. The summed E-state index contributed by atoms with van der Waals surface area (Å²) < 4.78 is 0. The van der Waals surface area contributed by atoms with Crippen LogP contribution in [0.2, 0.25) is 0 Å². The van der Waals surface area contributed by atoms with Gasteiger partial charge in [-0.15, -0.1) is 0 Å². The lowest BCUT2D eigenvalue weighted by atomic mass is 9.88. The van der Waals surface area contributed by atoms with E-state index < -0.39 is 0 Å². The molecule has 1 fully saturated rings. The van der Waals surface area contributed by atoms with Crippen molar-refractivity contribution in [3.05, 3.63) is 29.8 Å². The highest BCUT2D eigenvalue weighted by molar-refractivity contribution is 5.95. The molecule has 3 nitrogen and oxygen atoms in total. The highest BCUT2D eigenvalue weighted by Crippen LogP contribution is 2.22. The summed E-state index contributed by atoms with van der Waals surface area (Å²) >= 11 is 0. The van der Waals surface area contributed by atoms with Crippen molar-refractivity contribution in [1.82, 2.24) is 5.32 Å². The van der Waals surface area contributed by atoms with Crippen LogP contribution in [0.1, 0.15) is 19.4 Å². The van der Waals surface area contributed by atoms with Crippen LogP contribution in [0.5, 0.6) is 0 Å². The van der Waals surface area contributed by atoms with Gasteiger partial charge in [-0.25, -0.2) is 0 Å². The third-order valence-corrected chi connectivity index (χ3v) is 3.84. The molecule has 1 aliphatic heterocycles. The first-order valence-electron chi connectivity index (χ1n) is 6.72. The van der Waals surface area contributed by atoms with Crippen molar-refractivity contribution < 1.29 is 4.79 Å². The molecule has 98 valence electrons. The molecule has 2 rings (SSSR count). The van der Waals surface area contributed by atoms with E-state index in [0.29, 0.717) is 5.92 Å². The lowest BCUT2D eigenvalue weighted by molar-refractivity contribution is -0.124. The first kappa shape index (κ1) is 13.1. The SMILES string of the molecule is CCN(C(=O)C(C)C1CNC1)c1ccc(C)cc1. The van der Waals surface area contributed by atoms with Crippen LogP contribution in [0.15, 0.2) is 24.3 Å². The molecule has 1 unspecified atom stereocenters. The van der Waals surface area contributed by atoms with E-state index in [-0.39, 0.29) is 11.8 Å². The normalized spacial score (nSPS) is 17.1. The molecule has 0 aliphatic carbocycles. The number of nitrogens with zero attached hydrogens (tertiary/aromatic N) is 1. The van der Waals surface area contributed by atoms with Gasteiger partial charge in [0.1, 0.15) is 0 Å². The Kier molecular flexibility index (Phi) is 4.02. The number of hydrogen-bond acceptors (Lipinski definition) is 2. The van der Waals surface area contributed by atoms with Crippen molar-refractivity contribution in [2.24, 2.45) is 11.8 Å². The molecule has 0 spiro atoms. The molecule has 1 saturated heterocycles. The lowest BCUT2D eigenvalue weighted by Crippen LogP contribution is -2.50. The third kappa shape index (κ3) is 2.56. The van der Waals surface area contributed by atoms with Gasteiger partial charge in [0.15, 0.2) is 0 Å². The largest absolute Gasteiger partial charge is 0.316 e. The number of carbonyl (C=O) groups is 1. The fourth-order valence-electron chi connectivity index (χ4n) is 2.30. The van der Waals surface area contributed by atoms with Gasteiger partial charge in [0, 0.05) is 18.2 Å². The number of nitrogens with one attached hydrogen (secondary N) is 1. The fraction of sp³-hybridized carbons (Fsp3) is 0.533. The molecule has 1 atom stereocenters. The van der Waals surface area contributed by atoms with Gasteiger partial charge in [0.25, 0.3) is 0 Å². The average Bonchev–Trinajstić information content (AvgIpc) is 2.30. The minimum atomic E-state index is 0.104. The van der Waals surface area contributed by atoms with Gasteiger partial charge < -0.3 is 10.2 Å². The minimum Gasteiger partial charge on any atom is -0.316 e. The Hall–Kier alpha value is -1.35. The smallest absolute Gasteiger partial charge is 0.230 e. The highest BCUT2D eigenvalue weighted by Gasteiger charge is 2.31. The second-order valence-corrected chi connectivity index (χ2v) is 5.13. The van der Waals surface area contributed by atoms with E-state index in [1.54, 1.807) is 0 Å². The Morgan fingerprint density at radius 2 is 2.00 bits per heavy atom. The monoisotopic (exact) mass is 246 g/mol. The van der Waals surface area contributed by atoms with Crippen molar-refractivity contribution >= 4 is 11.6 Å². The molecule has 1 aromatic carbocycles. The Bertz CT molecular complexity index is 409. The second-order valence-electron chi connectivity index (χ2n) is 5.13. The Labute approximate surface area is 109 Å². The van der Waals surface area contributed by atoms with Crippen LogP contribution in [-0.2, 0) is 4.79 Å². The van der Waals surface area contributed by atoms with Crippen molar-refractivity contribution in [3.63, 3.8) is 0 Å². The van der Waals surface area contributed by atoms with Gasteiger partial charge in [0.2, 0.25) is 5.91 Å². The Morgan fingerprint density at radius 3 is 2.44 bits per heavy atom. The van der Waals surface area contributed by atoms with Gasteiger partial charge in [-0.3, -0.25) is 4.79 Å². The van der Waals surface area contributed by atoms with Gasteiger partial charge in [-0.1, -0.05) is 24.6 Å². The zero-order chi connectivity index (χ0) is 13.1. The molecular formula is C15H22N2O. The van der Waals surface area contributed by atoms with Crippen LogP contribution < -0.4 is 10.2 Å². The molecule has 1 N–H and O–H groups in total. The maximum atomic E-state index is 12.5. The summed E-state index contributed by atoms with van der Waals surface area (Å²) in [7, 11) is 0. The summed E-state index contributed by atoms with van der Waals surface area (Å²) in [6, 6.07) is 8.17. The van der Waals surface area contributed by atoms with Gasteiger partial charge in [0.05, 0.1) is 0 Å². The van der Waals surface area contributed by atoms with Crippen molar-refractivity contribution in [3.8, 4) is 0 Å². The van der Waals surface area contributed by atoms with Crippen LogP contribution >= 0.6 is 0 Å². The van der Waals surface area contributed by atoms with E-state index in [1.807, 2.05) is 30.9 Å². The summed E-state index contributed by atoms with van der Waals surface area (Å²) in [5, 5.41) is 3.23. The van der Waals surface area contributed by atoms with Crippen LogP contribution in [0.4, 0.5) is 5.69 Å². The average molecular weight is 246 g/mol. The molecule has 1 aromatic rings. The summed E-state index contributed by atoms with van der Waals surface area (Å²) in [4.78, 5) is 14.4. The molecule has 0 aromatic heterocycles. The summed E-state index contributed by atoms with van der Waals surface area (Å²) in [6.45, 7) is 8.81. The molecule has 0 saturated carbocycles. The van der Waals surface area contributed by atoms with Crippen LogP contribution in [0.25, 0.3) is 0 Å². The van der Waals surface area contributed by atoms with Gasteiger partial charge >= 0.3 is 0 Å². The molecule has 1 aliphatic rings. The number of anilines is 1. The predicted molar refractivity (Wildman–Crippen MR) is 74.7 cm³/mol. The first-order chi connectivity index (χ1) is 8.63. The summed E-state index contributed by atoms with van der Waals surface area (Å²) in [5.74, 6) is 0.845. The molecule has 0 radical (unpaired) electrons.